The van der Waals surface area contributed by atoms with E-state index in [1.54, 1.807) is 6.20 Å². The van der Waals surface area contributed by atoms with E-state index in [1.165, 1.54) is 0 Å². The average molecular weight is 244 g/mol. The molecule has 0 atom stereocenters. The summed E-state index contributed by atoms with van der Waals surface area (Å²) in [6.45, 7) is 8.64. The Hall–Kier alpha value is -0.610. The number of hydrogen-bond acceptors (Lipinski definition) is 2. The monoisotopic (exact) mass is 243 g/mol. The number of halogens is 1. The van der Waals surface area contributed by atoms with Crippen LogP contribution in [0.25, 0.3) is 0 Å². The second-order valence-corrected chi connectivity index (χ2v) is 3.80. The molecule has 1 rings (SSSR count). The normalized spacial score (nSPS) is 10.3. The highest BCUT2D eigenvalue weighted by atomic mass is 79.9. The molecule has 4 heteroatoms. The van der Waals surface area contributed by atoms with Crippen molar-refractivity contribution < 1.29 is 0 Å². The predicted molar refractivity (Wildman–Crippen MR) is 57.6 cm³/mol. The van der Waals surface area contributed by atoms with Gasteiger partial charge in [0.25, 0.3) is 0 Å². The molecule has 1 N–H and O–H groups in total. The topological polar surface area (TPSA) is 29.9 Å². The van der Waals surface area contributed by atoms with Crippen molar-refractivity contribution >= 4 is 15.9 Å². The van der Waals surface area contributed by atoms with E-state index in [1.807, 2.05) is 10.9 Å². The Morgan fingerprint density at radius 2 is 2.54 bits per heavy atom. The lowest BCUT2D eigenvalue weighted by molar-refractivity contribution is 0.645. The van der Waals surface area contributed by atoms with Crippen molar-refractivity contribution in [2.24, 2.45) is 0 Å². The highest BCUT2D eigenvalue weighted by Gasteiger charge is 1.97. The molecule has 0 bridgehead atoms. The van der Waals surface area contributed by atoms with Gasteiger partial charge in [0.15, 0.2) is 0 Å². The smallest absolute Gasteiger partial charge is 0.0632 e. The van der Waals surface area contributed by atoms with Gasteiger partial charge in [-0.1, -0.05) is 13.5 Å². The van der Waals surface area contributed by atoms with E-state index in [9.17, 15) is 0 Å². The van der Waals surface area contributed by atoms with Crippen molar-refractivity contribution in [1.29, 1.82) is 0 Å². The van der Waals surface area contributed by atoms with E-state index >= 15 is 0 Å². The van der Waals surface area contributed by atoms with Crippen LogP contribution in [0, 0.1) is 0 Å². The first-order valence-electron chi connectivity index (χ1n) is 4.27. The summed E-state index contributed by atoms with van der Waals surface area (Å²) in [5, 5.41) is 7.37. The van der Waals surface area contributed by atoms with Gasteiger partial charge in [-0.2, -0.15) is 5.10 Å². The zero-order valence-corrected chi connectivity index (χ0v) is 9.34. The van der Waals surface area contributed by atoms with E-state index in [0.29, 0.717) is 0 Å². The summed E-state index contributed by atoms with van der Waals surface area (Å²) in [6.07, 6.45) is 3.72. The minimum atomic E-state index is 0.776. The Balaban J connectivity index is 2.36. The third-order valence-corrected chi connectivity index (χ3v) is 2.02. The van der Waals surface area contributed by atoms with Crippen LogP contribution in [0.5, 0.6) is 0 Å². The highest BCUT2D eigenvalue weighted by Crippen LogP contribution is 2.07. The van der Waals surface area contributed by atoms with Crippen LogP contribution in [0.1, 0.15) is 6.92 Å². The molecule has 0 aliphatic carbocycles. The van der Waals surface area contributed by atoms with Crippen LogP contribution < -0.4 is 5.32 Å². The minimum absolute atomic E-state index is 0.776. The molecular formula is C9H14BrN3. The number of hydrogen-bond donors (Lipinski definition) is 1. The molecule has 1 heterocycles. The van der Waals surface area contributed by atoms with E-state index in [-0.39, 0.29) is 0 Å². The van der Waals surface area contributed by atoms with Gasteiger partial charge in [0.2, 0.25) is 0 Å². The van der Waals surface area contributed by atoms with Crippen LogP contribution in [0.15, 0.2) is 29.0 Å². The van der Waals surface area contributed by atoms with Gasteiger partial charge in [-0.3, -0.25) is 4.68 Å². The van der Waals surface area contributed by atoms with Crippen molar-refractivity contribution in [3.05, 3.63) is 29.0 Å². The van der Waals surface area contributed by atoms with Gasteiger partial charge in [-0.05, 0) is 28.0 Å². The second kappa shape index (κ2) is 5.19. The Morgan fingerprint density at radius 3 is 3.08 bits per heavy atom. The van der Waals surface area contributed by atoms with E-state index < -0.39 is 0 Å². The van der Waals surface area contributed by atoms with Gasteiger partial charge in [-0.25, -0.2) is 0 Å². The number of aromatic nitrogens is 2. The molecule has 0 fully saturated rings. The largest absolute Gasteiger partial charge is 0.313 e. The first-order valence-corrected chi connectivity index (χ1v) is 5.07. The first kappa shape index (κ1) is 10.5. The summed E-state index contributed by atoms with van der Waals surface area (Å²) >= 11 is 3.35. The fourth-order valence-corrected chi connectivity index (χ4v) is 1.34. The van der Waals surface area contributed by atoms with E-state index in [4.69, 9.17) is 0 Å². The maximum atomic E-state index is 4.15. The van der Waals surface area contributed by atoms with Crippen molar-refractivity contribution in [3.63, 3.8) is 0 Å². The quantitative estimate of drug-likeness (QED) is 0.800. The third kappa shape index (κ3) is 3.74. The van der Waals surface area contributed by atoms with Gasteiger partial charge >= 0.3 is 0 Å². The lowest BCUT2D eigenvalue weighted by Crippen LogP contribution is -2.18. The zero-order valence-electron chi connectivity index (χ0n) is 7.76. The molecule has 1 aromatic heterocycles. The molecule has 72 valence electrons. The summed E-state index contributed by atoms with van der Waals surface area (Å²) in [4.78, 5) is 0. The SMILES string of the molecule is C=C(CNCC)Cn1cc(Br)cn1. The maximum Gasteiger partial charge on any atom is 0.0632 e. The summed E-state index contributed by atoms with van der Waals surface area (Å²) in [5.74, 6) is 0. The molecule has 0 aromatic carbocycles. The van der Waals surface area contributed by atoms with Gasteiger partial charge in [0.1, 0.15) is 0 Å². The van der Waals surface area contributed by atoms with Crippen LogP contribution >= 0.6 is 15.9 Å². The number of nitrogens with zero attached hydrogens (tertiary/aromatic N) is 2. The predicted octanol–water partition coefficient (Wildman–Crippen LogP) is 1.81. The van der Waals surface area contributed by atoms with Crippen molar-refractivity contribution in [2.75, 3.05) is 13.1 Å². The van der Waals surface area contributed by atoms with Gasteiger partial charge in [0, 0.05) is 12.7 Å². The summed E-state index contributed by atoms with van der Waals surface area (Å²) in [6, 6.07) is 0. The van der Waals surface area contributed by atoms with Crippen molar-refractivity contribution in [3.8, 4) is 0 Å². The Morgan fingerprint density at radius 1 is 1.77 bits per heavy atom. The van der Waals surface area contributed by atoms with Crippen molar-refractivity contribution in [2.45, 2.75) is 13.5 Å². The van der Waals surface area contributed by atoms with E-state index in [0.717, 1.165) is 29.7 Å². The summed E-state index contributed by atoms with van der Waals surface area (Å²) in [5.41, 5.74) is 1.14. The molecule has 13 heavy (non-hydrogen) atoms. The first-order chi connectivity index (χ1) is 6.22. The van der Waals surface area contributed by atoms with E-state index in [2.05, 4.69) is 39.8 Å². The molecule has 0 aliphatic heterocycles. The Labute approximate surface area is 87.0 Å². The van der Waals surface area contributed by atoms with Crippen LogP contribution in [0.3, 0.4) is 0 Å². The standard InChI is InChI=1S/C9H14BrN3/c1-3-11-4-8(2)6-13-7-9(10)5-12-13/h5,7,11H,2-4,6H2,1H3. The highest BCUT2D eigenvalue weighted by molar-refractivity contribution is 9.10. The van der Waals surface area contributed by atoms with Crippen LogP contribution in [0.2, 0.25) is 0 Å². The molecule has 0 radical (unpaired) electrons. The molecule has 0 unspecified atom stereocenters. The molecular weight excluding hydrogens is 230 g/mol. The molecule has 0 aliphatic rings. The zero-order chi connectivity index (χ0) is 9.68. The second-order valence-electron chi connectivity index (χ2n) is 2.89. The fourth-order valence-electron chi connectivity index (χ4n) is 1.01. The minimum Gasteiger partial charge on any atom is -0.313 e. The molecule has 0 saturated heterocycles. The number of nitrogens with one attached hydrogen (secondary N) is 1. The average Bonchev–Trinajstić information content (AvgIpc) is 2.48. The summed E-state index contributed by atoms with van der Waals surface area (Å²) in [7, 11) is 0. The number of rotatable bonds is 5. The van der Waals surface area contributed by atoms with Crippen LogP contribution in [0.4, 0.5) is 0 Å². The number of likely N-dealkylation sites (N-methyl/N-ethyl adjacent to an activating group) is 1. The van der Waals surface area contributed by atoms with Crippen molar-refractivity contribution in [1.82, 2.24) is 15.1 Å². The van der Waals surface area contributed by atoms with Crippen LogP contribution in [-0.2, 0) is 6.54 Å². The lowest BCUT2D eigenvalue weighted by Gasteiger charge is -2.05. The molecule has 3 nitrogen and oxygen atoms in total. The van der Waals surface area contributed by atoms with Gasteiger partial charge < -0.3 is 5.32 Å². The lowest BCUT2D eigenvalue weighted by atomic mass is 10.3. The van der Waals surface area contributed by atoms with Gasteiger partial charge in [0.05, 0.1) is 17.2 Å². The fraction of sp³-hybridized carbons (Fsp3) is 0.444. The van der Waals surface area contributed by atoms with Gasteiger partial charge in [-0.15, -0.1) is 0 Å². The molecule has 1 aromatic rings. The Kier molecular flexibility index (Phi) is 4.18. The third-order valence-electron chi connectivity index (χ3n) is 1.61. The maximum absolute atomic E-state index is 4.15. The van der Waals surface area contributed by atoms with Crippen LogP contribution in [-0.4, -0.2) is 22.9 Å². The Bertz CT molecular complexity index is 280. The molecule has 0 spiro atoms. The molecule has 0 saturated carbocycles. The molecule has 0 amide bonds. The summed E-state index contributed by atoms with van der Waals surface area (Å²) < 4.78 is 2.87.